The molecule has 0 aliphatic carbocycles. The van der Waals surface area contributed by atoms with Crippen LogP contribution in [-0.2, 0) is 4.79 Å². The van der Waals surface area contributed by atoms with E-state index in [0.717, 1.165) is 0 Å². The molecule has 1 amide bonds. The number of halogens is 1. The number of nitrogens with one attached hydrogen (secondary N) is 1. The van der Waals surface area contributed by atoms with E-state index >= 15 is 0 Å². The molecule has 0 radical (unpaired) electrons. The monoisotopic (exact) mass is 319 g/mol. The molecule has 0 heterocycles. The zero-order valence-corrected chi connectivity index (χ0v) is 12.2. The summed E-state index contributed by atoms with van der Waals surface area (Å²) in [4.78, 5) is 22.9. The summed E-state index contributed by atoms with van der Waals surface area (Å²) in [6, 6.07) is 13.5. The molecule has 2 rings (SSSR count). The summed E-state index contributed by atoms with van der Waals surface area (Å²) in [5.74, 6) is 0.229. The standard InChI is InChI=1S/C16H14ClNO3.CH4/c1-11(19)12-5-7-14(8-6-12)18-16(20)10-21-15-4-2-3-13(17)9-15;/h2-9H,10H2,1H3,(H,18,20);1H4. The van der Waals surface area contributed by atoms with Crippen molar-refractivity contribution in [1.82, 2.24) is 0 Å². The van der Waals surface area contributed by atoms with Gasteiger partial charge in [0.25, 0.3) is 5.91 Å². The molecule has 4 nitrogen and oxygen atoms in total. The summed E-state index contributed by atoms with van der Waals surface area (Å²) in [5.41, 5.74) is 1.21. The first-order chi connectivity index (χ1) is 10.0. The molecule has 2 aromatic carbocycles. The van der Waals surface area contributed by atoms with Crippen LogP contribution in [0.1, 0.15) is 24.7 Å². The summed E-state index contributed by atoms with van der Waals surface area (Å²) < 4.78 is 5.33. The largest absolute Gasteiger partial charge is 0.484 e. The smallest absolute Gasteiger partial charge is 0.262 e. The van der Waals surface area contributed by atoms with Gasteiger partial charge in [0.15, 0.2) is 12.4 Å². The highest BCUT2D eigenvalue weighted by Gasteiger charge is 2.05. The summed E-state index contributed by atoms with van der Waals surface area (Å²) in [5, 5.41) is 3.23. The molecule has 0 unspecified atom stereocenters. The second-order valence-electron chi connectivity index (χ2n) is 4.43. The van der Waals surface area contributed by atoms with E-state index in [4.69, 9.17) is 16.3 Å². The van der Waals surface area contributed by atoms with Gasteiger partial charge in [0.05, 0.1) is 0 Å². The average molecular weight is 320 g/mol. The minimum atomic E-state index is -0.287. The van der Waals surface area contributed by atoms with Gasteiger partial charge in [-0.15, -0.1) is 0 Å². The number of carbonyl (C=O) groups excluding carboxylic acids is 2. The van der Waals surface area contributed by atoms with Crippen LogP contribution in [0, 0.1) is 0 Å². The molecule has 0 spiro atoms. The van der Waals surface area contributed by atoms with Crippen LogP contribution in [0.3, 0.4) is 0 Å². The van der Waals surface area contributed by atoms with Crippen molar-refractivity contribution in [2.24, 2.45) is 0 Å². The number of benzene rings is 2. The second-order valence-corrected chi connectivity index (χ2v) is 4.86. The molecule has 0 bridgehead atoms. The van der Waals surface area contributed by atoms with Gasteiger partial charge in [0, 0.05) is 16.3 Å². The molecule has 116 valence electrons. The number of ether oxygens (including phenoxy) is 1. The molecule has 0 aliphatic heterocycles. The Kier molecular flexibility index (Phi) is 6.60. The molecular weight excluding hydrogens is 302 g/mol. The number of anilines is 1. The lowest BCUT2D eigenvalue weighted by Crippen LogP contribution is -2.20. The van der Waals surface area contributed by atoms with Gasteiger partial charge in [-0.3, -0.25) is 9.59 Å². The van der Waals surface area contributed by atoms with Crippen molar-refractivity contribution in [3.63, 3.8) is 0 Å². The summed E-state index contributed by atoms with van der Waals surface area (Å²) >= 11 is 5.82. The van der Waals surface area contributed by atoms with Gasteiger partial charge in [-0.05, 0) is 49.4 Å². The van der Waals surface area contributed by atoms with Gasteiger partial charge >= 0.3 is 0 Å². The maximum absolute atomic E-state index is 11.8. The number of carbonyl (C=O) groups is 2. The van der Waals surface area contributed by atoms with Crippen molar-refractivity contribution in [1.29, 1.82) is 0 Å². The van der Waals surface area contributed by atoms with E-state index in [-0.39, 0.29) is 25.7 Å². The van der Waals surface area contributed by atoms with E-state index in [9.17, 15) is 9.59 Å². The van der Waals surface area contributed by atoms with Crippen LogP contribution in [0.5, 0.6) is 5.75 Å². The van der Waals surface area contributed by atoms with Crippen LogP contribution in [-0.4, -0.2) is 18.3 Å². The van der Waals surface area contributed by atoms with Crippen LogP contribution in [0.15, 0.2) is 48.5 Å². The van der Waals surface area contributed by atoms with Gasteiger partial charge in [-0.25, -0.2) is 0 Å². The van der Waals surface area contributed by atoms with E-state index in [1.165, 1.54) is 6.92 Å². The van der Waals surface area contributed by atoms with E-state index in [1.807, 2.05) is 0 Å². The van der Waals surface area contributed by atoms with Crippen molar-refractivity contribution >= 4 is 29.0 Å². The van der Waals surface area contributed by atoms with Gasteiger partial charge in [0.1, 0.15) is 5.75 Å². The minimum absolute atomic E-state index is 0. The molecule has 0 aromatic heterocycles. The van der Waals surface area contributed by atoms with Crippen molar-refractivity contribution in [2.45, 2.75) is 14.4 Å². The predicted molar refractivity (Wildman–Crippen MR) is 88.8 cm³/mol. The third kappa shape index (κ3) is 5.22. The second kappa shape index (κ2) is 8.20. The third-order valence-corrected chi connectivity index (χ3v) is 2.98. The maximum atomic E-state index is 11.8. The molecule has 1 N–H and O–H groups in total. The van der Waals surface area contributed by atoms with E-state index in [1.54, 1.807) is 48.5 Å². The Labute approximate surface area is 135 Å². The summed E-state index contributed by atoms with van der Waals surface area (Å²) in [6.45, 7) is 1.38. The normalized spacial score (nSPS) is 9.55. The van der Waals surface area contributed by atoms with Crippen molar-refractivity contribution in [3.05, 3.63) is 59.1 Å². The zero-order chi connectivity index (χ0) is 15.2. The van der Waals surface area contributed by atoms with Crippen LogP contribution < -0.4 is 10.1 Å². The van der Waals surface area contributed by atoms with Crippen LogP contribution in [0.25, 0.3) is 0 Å². The molecule has 2 aromatic rings. The van der Waals surface area contributed by atoms with Crippen LogP contribution >= 0.6 is 11.6 Å². The lowest BCUT2D eigenvalue weighted by molar-refractivity contribution is -0.118. The fourth-order valence-electron chi connectivity index (χ4n) is 1.69. The lowest BCUT2D eigenvalue weighted by Gasteiger charge is -2.08. The Balaban J connectivity index is 0.00000242. The van der Waals surface area contributed by atoms with Gasteiger partial charge in [-0.1, -0.05) is 25.1 Å². The fraction of sp³-hybridized carbons (Fsp3) is 0.176. The molecule has 0 aliphatic rings. The van der Waals surface area contributed by atoms with Crippen molar-refractivity contribution < 1.29 is 14.3 Å². The maximum Gasteiger partial charge on any atom is 0.262 e. The highest BCUT2D eigenvalue weighted by atomic mass is 35.5. The summed E-state index contributed by atoms with van der Waals surface area (Å²) in [6.07, 6.45) is 0. The van der Waals surface area contributed by atoms with E-state index < -0.39 is 0 Å². The number of ketones is 1. The number of rotatable bonds is 5. The Bertz CT molecular complexity index is 653. The highest BCUT2D eigenvalue weighted by Crippen LogP contribution is 2.17. The highest BCUT2D eigenvalue weighted by molar-refractivity contribution is 6.30. The molecule has 22 heavy (non-hydrogen) atoms. The van der Waals surface area contributed by atoms with Crippen LogP contribution in [0.2, 0.25) is 5.02 Å². The van der Waals surface area contributed by atoms with E-state index in [2.05, 4.69) is 5.32 Å². The fourth-order valence-corrected chi connectivity index (χ4v) is 1.87. The molecule has 5 heteroatoms. The lowest BCUT2D eigenvalue weighted by atomic mass is 10.1. The number of amides is 1. The molecule has 0 atom stereocenters. The Morgan fingerprint density at radius 3 is 2.41 bits per heavy atom. The molecule has 0 saturated heterocycles. The topological polar surface area (TPSA) is 55.4 Å². The Hall–Kier alpha value is -2.33. The Morgan fingerprint density at radius 2 is 1.82 bits per heavy atom. The number of hydrogen-bond donors (Lipinski definition) is 1. The predicted octanol–water partition coefficient (Wildman–Crippen LogP) is 4.20. The molecular formula is C17H18ClNO3. The molecule has 0 fully saturated rings. The third-order valence-electron chi connectivity index (χ3n) is 2.74. The van der Waals surface area contributed by atoms with E-state index in [0.29, 0.717) is 22.0 Å². The van der Waals surface area contributed by atoms with Crippen molar-refractivity contribution in [2.75, 3.05) is 11.9 Å². The quantitative estimate of drug-likeness (QED) is 0.840. The Morgan fingerprint density at radius 1 is 1.14 bits per heavy atom. The first kappa shape index (κ1) is 17.7. The first-order valence-electron chi connectivity index (χ1n) is 6.34. The van der Waals surface area contributed by atoms with Gasteiger partial charge in [0.2, 0.25) is 0 Å². The summed E-state index contributed by atoms with van der Waals surface area (Å²) in [7, 11) is 0. The average Bonchev–Trinajstić information content (AvgIpc) is 2.46. The van der Waals surface area contributed by atoms with Crippen LogP contribution in [0.4, 0.5) is 5.69 Å². The zero-order valence-electron chi connectivity index (χ0n) is 11.4. The number of Topliss-reactive ketones (excluding diaryl/α,β-unsaturated/α-hetero) is 1. The first-order valence-corrected chi connectivity index (χ1v) is 6.71. The minimum Gasteiger partial charge on any atom is -0.484 e. The molecule has 0 saturated carbocycles. The van der Waals surface area contributed by atoms with Gasteiger partial charge in [-0.2, -0.15) is 0 Å². The number of hydrogen-bond acceptors (Lipinski definition) is 3. The van der Waals surface area contributed by atoms with Gasteiger partial charge < -0.3 is 10.1 Å². The SMILES string of the molecule is C.CC(=O)c1ccc(NC(=O)COc2cccc(Cl)c2)cc1. The van der Waals surface area contributed by atoms with Crippen molar-refractivity contribution in [3.8, 4) is 5.75 Å².